The molecule has 0 aliphatic carbocycles. The molecule has 0 heterocycles. The fourth-order valence-corrected chi connectivity index (χ4v) is 0. The Morgan fingerprint density at radius 2 is 0.846 bits per heavy atom. The average molecular weight is 337 g/mol. The Hall–Kier alpha value is 1.22. The van der Waals surface area contributed by atoms with Crippen LogP contribution in [-0.4, -0.2) is 20.2 Å². The van der Waals surface area contributed by atoms with E-state index in [9.17, 15) is 0 Å². The molecule has 9 nitrogen and oxygen atoms in total. The van der Waals surface area contributed by atoms with Gasteiger partial charge in [0.15, 0.2) is 0 Å². The molecule has 0 spiro atoms. The second-order valence-electron chi connectivity index (χ2n) is 0.960. The van der Waals surface area contributed by atoms with Crippen molar-refractivity contribution in [3.63, 3.8) is 0 Å². The summed E-state index contributed by atoms with van der Waals surface area (Å²) in [5.41, 5.74) is 0. The van der Waals surface area contributed by atoms with Gasteiger partial charge in [-0.2, -0.15) is 7.82 Å². The molecule has 0 aromatic rings. The molecule has 13 heavy (non-hydrogen) atoms. The smallest absolute Gasteiger partial charge is 0.870 e. The first-order valence-corrected chi connectivity index (χ1v) is 4.54. The first kappa shape index (κ1) is 29.2. The molecule has 90 valence electrons. The maximum absolute atomic E-state index is 8.88. The third kappa shape index (κ3) is 1120. The van der Waals surface area contributed by atoms with Gasteiger partial charge in [-0.05, 0) is 0 Å². The van der Waals surface area contributed by atoms with Gasteiger partial charge >= 0.3 is 42.0 Å². The molecule has 0 saturated heterocycles. The Bertz CT molecular complexity index is 128. The molecule has 0 rings (SSSR count). The van der Waals surface area contributed by atoms with Gasteiger partial charge in [-0.3, -0.25) is 0 Å². The topological polar surface area (TPSA) is 194 Å². The average Bonchev–Trinajstić information content (AvgIpc) is 1.12. The fraction of sp³-hybridized carbons (Fsp3) is 0. The summed E-state index contributed by atoms with van der Waals surface area (Å²) in [5.74, 6) is 0. The number of hydrogen-bond acceptors (Lipinski definition) is 6. The fourth-order valence-electron chi connectivity index (χ4n) is 0. The molecule has 0 aliphatic heterocycles. The minimum Gasteiger partial charge on any atom is -0.870 e. The Labute approximate surface area is 93.9 Å². The zero-order chi connectivity index (χ0) is 9.00. The van der Waals surface area contributed by atoms with Crippen molar-refractivity contribution in [1.29, 1.82) is 0 Å². The number of rotatable bonds is 0. The summed E-state index contributed by atoms with van der Waals surface area (Å²) in [5, 5.41) is 0. The molecule has 0 saturated carbocycles. The molecular formula is H4Cu2O9P2. The predicted octanol–water partition coefficient (Wildman–Crippen LogP) is -3.94. The van der Waals surface area contributed by atoms with Gasteiger partial charge in [-0.1, -0.05) is 0 Å². The maximum Gasteiger partial charge on any atom is 2.00 e. The van der Waals surface area contributed by atoms with Crippen molar-refractivity contribution in [2.24, 2.45) is 0 Å². The Morgan fingerprint density at radius 1 is 0.846 bits per heavy atom. The first-order valence-electron chi connectivity index (χ1n) is 1.51. The predicted molar refractivity (Wildman–Crippen MR) is 23.8 cm³/mol. The zero-order valence-corrected chi connectivity index (χ0v) is 9.00. The molecule has 4 N–H and O–H groups in total. The van der Waals surface area contributed by atoms with E-state index in [1.165, 1.54) is 0 Å². The van der Waals surface area contributed by atoms with Crippen LogP contribution in [0.2, 0.25) is 0 Å². The number of phosphoric acid groups is 2. The van der Waals surface area contributed by atoms with Crippen molar-refractivity contribution in [1.82, 2.24) is 0 Å². The Balaban J connectivity index is -0.0000000267. The Kier molecular flexibility index (Phi) is 25.4. The van der Waals surface area contributed by atoms with E-state index in [0.29, 0.717) is 0 Å². The van der Waals surface area contributed by atoms with Crippen molar-refractivity contribution < 1.29 is 78.1 Å². The van der Waals surface area contributed by atoms with Crippen LogP contribution in [0.25, 0.3) is 0 Å². The summed E-state index contributed by atoms with van der Waals surface area (Å²) in [7, 11) is -10.0. The first-order chi connectivity index (χ1) is 4.00. The van der Waals surface area contributed by atoms with Crippen LogP contribution in [0.1, 0.15) is 0 Å². The van der Waals surface area contributed by atoms with Gasteiger partial charge in [0, 0.05) is 0 Å². The van der Waals surface area contributed by atoms with E-state index in [2.05, 4.69) is 0 Å². The van der Waals surface area contributed by atoms with Gasteiger partial charge in [0.25, 0.3) is 0 Å². The molecule has 0 bridgehead atoms. The minimum absolute atomic E-state index is 0. The van der Waals surface area contributed by atoms with Crippen LogP contribution < -0.4 is 14.7 Å². The third-order valence-electron chi connectivity index (χ3n) is 0. The van der Waals surface area contributed by atoms with Crippen LogP contribution in [0, 0.1) is 0 Å². The zero-order valence-electron chi connectivity index (χ0n) is 5.33. The molecule has 2 radical (unpaired) electrons. The molecule has 13 heteroatoms. The van der Waals surface area contributed by atoms with Gasteiger partial charge in [0.2, 0.25) is 0 Å². The summed E-state index contributed by atoms with van der Waals surface area (Å²) in [6.07, 6.45) is 0. The molecule has 0 unspecified atom stereocenters. The summed E-state index contributed by atoms with van der Waals surface area (Å²) in [6.45, 7) is 0. The molecule has 0 aromatic heterocycles. The molecular weight excluding hydrogens is 333 g/mol. The normalized spacial score (nSPS) is 9.08. The van der Waals surface area contributed by atoms with Gasteiger partial charge in [-0.15, -0.1) is 0 Å². The molecule has 0 aromatic carbocycles. The molecule has 0 fully saturated rings. The minimum atomic E-state index is -5.39. The van der Waals surface area contributed by atoms with Crippen LogP contribution in [0.5, 0.6) is 0 Å². The van der Waals surface area contributed by atoms with E-state index in [1.807, 2.05) is 0 Å². The van der Waals surface area contributed by atoms with Crippen LogP contribution in [0.3, 0.4) is 0 Å². The van der Waals surface area contributed by atoms with Crippen molar-refractivity contribution in [2.75, 3.05) is 0 Å². The van der Waals surface area contributed by atoms with E-state index in [4.69, 9.17) is 38.5 Å². The maximum atomic E-state index is 8.88. The molecule has 0 atom stereocenters. The molecule has 0 aliphatic rings. The monoisotopic (exact) mass is 336 g/mol. The van der Waals surface area contributed by atoms with E-state index in [1.54, 1.807) is 0 Å². The second-order valence-corrected chi connectivity index (χ2v) is 2.88. The van der Waals surface area contributed by atoms with Crippen LogP contribution in [0.15, 0.2) is 0 Å². The molecule has 0 amide bonds. The van der Waals surface area contributed by atoms with E-state index in [-0.39, 0.29) is 39.6 Å². The van der Waals surface area contributed by atoms with Gasteiger partial charge in [0.05, 0.1) is 0 Å². The van der Waals surface area contributed by atoms with E-state index >= 15 is 0 Å². The van der Waals surface area contributed by atoms with Crippen LogP contribution in [0.4, 0.5) is 0 Å². The van der Waals surface area contributed by atoms with Crippen molar-refractivity contribution >= 4 is 15.6 Å². The van der Waals surface area contributed by atoms with Gasteiger partial charge in [0.1, 0.15) is 0 Å². The quantitative estimate of drug-likeness (QED) is 0.292. The van der Waals surface area contributed by atoms with Crippen LogP contribution in [-0.2, 0) is 43.3 Å². The van der Waals surface area contributed by atoms with Crippen molar-refractivity contribution in [3.8, 4) is 0 Å². The van der Waals surface area contributed by atoms with Crippen LogP contribution >= 0.6 is 15.6 Å². The van der Waals surface area contributed by atoms with E-state index in [0.717, 1.165) is 0 Å². The standard InChI is InChI=1S/2Cu.2H3O4P.H2O/c;;2*1-5(2,3)4;/h;;2*(H3,1,2,3,4);1H2/q2*+2;;;/p-4. The summed E-state index contributed by atoms with van der Waals surface area (Å²) in [4.78, 5) is 47.2. The van der Waals surface area contributed by atoms with Crippen molar-refractivity contribution in [3.05, 3.63) is 0 Å². The van der Waals surface area contributed by atoms with Crippen molar-refractivity contribution in [2.45, 2.75) is 0 Å². The Morgan fingerprint density at radius 3 is 0.846 bits per heavy atom. The van der Waals surface area contributed by atoms with E-state index < -0.39 is 15.6 Å². The van der Waals surface area contributed by atoms with Gasteiger partial charge < -0.3 is 39.4 Å². The summed E-state index contributed by atoms with van der Waals surface area (Å²) >= 11 is 0. The summed E-state index contributed by atoms with van der Waals surface area (Å²) in [6, 6.07) is 0. The largest absolute Gasteiger partial charge is 2.00 e. The number of hydrogen-bond donors (Lipinski definition) is 3. The summed E-state index contributed by atoms with van der Waals surface area (Å²) < 4.78 is 17.4. The second kappa shape index (κ2) is 11.3. The van der Waals surface area contributed by atoms with Gasteiger partial charge in [-0.25, -0.2) is 4.57 Å². The third-order valence-corrected chi connectivity index (χ3v) is 0. The SMILES string of the molecule is O=P(O)(O)O.O=P([O-])([O-])[O-].[Cu+2].[Cu+2].[OH-].